The van der Waals surface area contributed by atoms with Crippen LogP contribution in [-0.4, -0.2) is 66.4 Å². The summed E-state index contributed by atoms with van der Waals surface area (Å²) in [6.07, 6.45) is 7.33. The van der Waals surface area contributed by atoms with Crippen molar-refractivity contribution in [2.24, 2.45) is 0 Å². The van der Waals surface area contributed by atoms with Crippen LogP contribution in [0.3, 0.4) is 0 Å². The van der Waals surface area contributed by atoms with E-state index in [4.69, 9.17) is 9.47 Å². The van der Waals surface area contributed by atoms with Gasteiger partial charge >= 0.3 is 0 Å². The molecular weight excluding hydrogens is 554 g/mol. The molecule has 226 valence electrons. The zero-order valence-electron chi connectivity index (χ0n) is 24.9. The van der Waals surface area contributed by atoms with Crippen LogP contribution in [0, 0.1) is 11.6 Å². The van der Waals surface area contributed by atoms with Gasteiger partial charge in [0.05, 0.1) is 35.9 Å². The summed E-state index contributed by atoms with van der Waals surface area (Å²) in [5, 5.41) is 0.126. The first-order valence-corrected chi connectivity index (χ1v) is 14.5. The number of piperidine rings is 1. The second kappa shape index (κ2) is 11.8. The van der Waals surface area contributed by atoms with E-state index in [0.29, 0.717) is 30.0 Å². The lowest BCUT2D eigenvalue weighted by Gasteiger charge is -2.40. The Morgan fingerprint density at radius 1 is 1.14 bits per heavy atom. The Balaban J connectivity index is 1.37. The van der Waals surface area contributed by atoms with Gasteiger partial charge in [0.25, 0.3) is 0 Å². The van der Waals surface area contributed by atoms with Crippen LogP contribution in [-0.2, 0) is 13.1 Å². The molecule has 9 nitrogen and oxygen atoms in total. The molecule has 1 aromatic carbocycles. The molecule has 43 heavy (non-hydrogen) atoms. The molecule has 0 saturated carbocycles. The Morgan fingerprint density at radius 3 is 2.72 bits per heavy atom. The van der Waals surface area contributed by atoms with E-state index >= 15 is 0 Å². The van der Waals surface area contributed by atoms with Crippen LogP contribution in [0.2, 0.25) is 0 Å². The summed E-state index contributed by atoms with van der Waals surface area (Å²) in [5.41, 5.74) is 2.55. The van der Waals surface area contributed by atoms with Gasteiger partial charge in [0, 0.05) is 70.3 Å². The van der Waals surface area contributed by atoms with Crippen LogP contribution in [0.4, 0.5) is 20.3 Å². The zero-order chi connectivity index (χ0) is 30.2. The number of benzene rings is 1. The topological polar surface area (TPSA) is 76.0 Å². The first kappa shape index (κ1) is 28.9. The second-order valence-corrected chi connectivity index (χ2v) is 11.6. The van der Waals surface area contributed by atoms with Gasteiger partial charge < -0.3 is 23.8 Å². The molecule has 2 unspecified atom stereocenters. The molecule has 5 heterocycles. The van der Waals surface area contributed by atoms with Crippen molar-refractivity contribution in [1.29, 1.82) is 0 Å². The number of methoxy groups -OCH3 is 1. The minimum absolute atomic E-state index is 0.110. The molecule has 0 spiro atoms. The number of pyridine rings is 3. The molecule has 6 rings (SSSR count). The Labute approximate surface area is 249 Å². The van der Waals surface area contributed by atoms with E-state index in [0.717, 1.165) is 49.1 Å². The van der Waals surface area contributed by atoms with Gasteiger partial charge in [-0.2, -0.15) is 4.39 Å². The molecule has 2 aliphatic rings. The smallest absolute Gasteiger partial charge is 0.213 e. The predicted molar refractivity (Wildman–Crippen MR) is 162 cm³/mol. The zero-order valence-corrected chi connectivity index (χ0v) is 24.9. The Hall–Kier alpha value is -4.25. The molecule has 11 heteroatoms. The second-order valence-electron chi connectivity index (χ2n) is 11.6. The molecule has 0 radical (unpaired) electrons. The summed E-state index contributed by atoms with van der Waals surface area (Å²) in [4.78, 5) is 29.3. The average Bonchev–Trinajstić information content (AvgIpc) is 3.02. The van der Waals surface area contributed by atoms with Crippen LogP contribution in [0.1, 0.15) is 36.9 Å². The Kier molecular flexibility index (Phi) is 7.91. The molecule has 1 fully saturated rings. The maximum absolute atomic E-state index is 14.6. The van der Waals surface area contributed by atoms with Crippen molar-refractivity contribution in [1.82, 2.24) is 19.4 Å². The summed E-state index contributed by atoms with van der Waals surface area (Å²) in [5.74, 6) is -0.942. The average molecular weight is 591 g/mol. The van der Waals surface area contributed by atoms with E-state index in [1.54, 1.807) is 19.5 Å². The number of anilines is 2. The van der Waals surface area contributed by atoms with Gasteiger partial charge in [-0.15, -0.1) is 0 Å². The Bertz CT molecular complexity index is 1690. The van der Waals surface area contributed by atoms with E-state index in [1.165, 1.54) is 0 Å². The number of nitrogens with zero attached hydrogens (tertiary/aromatic N) is 6. The fourth-order valence-electron chi connectivity index (χ4n) is 6.11. The lowest BCUT2D eigenvalue weighted by atomic mass is 10.0. The van der Waals surface area contributed by atoms with Gasteiger partial charge in [0.2, 0.25) is 11.7 Å². The maximum Gasteiger partial charge on any atom is 0.213 e. The number of hydrogen-bond donors (Lipinski definition) is 0. The SMILES string of the molecule is COc1cc(CN(Cc2cn3c4c(c(F)c(F)cc4c2=O)OCC3C)C2CCCN(c3ccc(N(C)C)nc3)C2)ccn1. The number of halogens is 2. The third kappa shape index (κ3) is 5.61. The fourth-order valence-corrected chi connectivity index (χ4v) is 6.11. The van der Waals surface area contributed by atoms with Gasteiger partial charge in [-0.25, -0.2) is 14.4 Å². The van der Waals surface area contributed by atoms with Crippen molar-refractivity contribution in [2.45, 2.75) is 44.9 Å². The normalized spacial score (nSPS) is 18.2. The first-order chi connectivity index (χ1) is 20.7. The molecule has 0 bridgehead atoms. The van der Waals surface area contributed by atoms with Gasteiger partial charge in [-0.1, -0.05) is 0 Å². The van der Waals surface area contributed by atoms with E-state index in [2.05, 4.69) is 25.8 Å². The fraction of sp³-hybridized carbons (Fsp3) is 0.406. The standard InChI is InChI=1S/C32H36F2N6O3/c1-20-19-43-32-29(34)26(33)13-25-30(32)40(20)17-22(31(25)41)16-39(15-21-9-10-35-28(12-21)42-4)24-6-5-11-38(18-24)23-7-8-27(36-14-23)37(2)3/h7-10,12-14,17,20,24H,5-6,11,15-16,18-19H2,1-4H3. The van der Waals surface area contributed by atoms with Crippen LogP contribution in [0.25, 0.3) is 10.9 Å². The number of hydrogen-bond acceptors (Lipinski definition) is 8. The van der Waals surface area contributed by atoms with Crippen molar-refractivity contribution in [2.75, 3.05) is 50.7 Å². The molecule has 0 N–H and O–H groups in total. The summed E-state index contributed by atoms with van der Waals surface area (Å²) < 4.78 is 42.0. The van der Waals surface area contributed by atoms with Crippen molar-refractivity contribution in [3.63, 3.8) is 0 Å². The molecule has 3 aromatic heterocycles. The van der Waals surface area contributed by atoms with Crippen molar-refractivity contribution in [3.05, 3.63) is 81.9 Å². The third-order valence-corrected chi connectivity index (χ3v) is 8.42. The molecule has 0 amide bonds. The van der Waals surface area contributed by atoms with E-state index in [1.807, 2.05) is 54.9 Å². The van der Waals surface area contributed by atoms with Gasteiger partial charge in [-0.05, 0) is 49.6 Å². The molecular formula is C32H36F2N6O3. The lowest BCUT2D eigenvalue weighted by Crippen LogP contribution is -2.48. The molecule has 2 atom stereocenters. The number of rotatable bonds is 8. The summed E-state index contributed by atoms with van der Waals surface area (Å²) in [6.45, 7) is 4.66. The van der Waals surface area contributed by atoms with Crippen molar-refractivity contribution >= 4 is 22.4 Å². The van der Waals surface area contributed by atoms with Crippen LogP contribution >= 0.6 is 0 Å². The monoisotopic (exact) mass is 590 g/mol. The highest BCUT2D eigenvalue weighted by Gasteiger charge is 2.30. The Morgan fingerprint density at radius 2 is 1.98 bits per heavy atom. The molecule has 1 saturated heterocycles. The van der Waals surface area contributed by atoms with E-state index in [9.17, 15) is 13.6 Å². The quantitative estimate of drug-likeness (QED) is 0.291. The van der Waals surface area contributed by atoms with Gasteiger partial charge in [0.15, 0.2) is 17.0 Å². The minimum Gasteiger partial charge on any atom is -0.486 e. The summed E-state index contributed by atoms with van der Waals surface area (Å²) in [6, 6.07) is 8.92. The summed E-state index contributed by atoms with van der Waals surface area (Å²) in [7, 11) is 5.52. The molecule has 4 aromatic rings. The van der Waals surface area contributed by atoms with E-state index < -0.39 is 11.6 Å². The molecule has 0 aliphatic carbocycles. The van der Waals surface area contributed by atoms with Gasteiger partial charge in [0.1, 0.15) is 12.4 Å². The van der Waals surface area contributed by atoms with Crippen LogP contribution in [0.5, 0.6) is 11.6 Å². The number of ether oxygens (including phenoxy) is 2. The summed E-state index contributed by atoms with van der Waals surface area (Å²) >= 11 is 0. The van der Waals surface area contributed by atoms with Crippen molar-refractivity contribution in [3.8, 4) is 11.6 Å². The predicted octanol–water partition coefficient (Wildman–Crippen LogP) is 4.77. The first-order valence-electron chi connectivity index (χ1n) is 14.5. The van der Waals surface area contributed by atoms with E-state index in [-0.39, 0.29) is 35.3 Å². The maximum atomic E-state index is 14.6. The van der Waals surface area contributed by atoms with Crippen molar-refractivity contribution < 1.29 is 18.3 Å². The highest BCUT2D eigenvalue weighted by Crippen LogP contribution is 2.36. The van der Waals surface area contributed by atoms with Gasteiger partial charge in [-0.3, -0.25) is 9.69 Å². The van der Waals surface area contributed by atoms with Crippen LogP contribution in [0.15, 0.2) is 53.7 Å². The number of aromatic nitrogens is 3. The highest BCUT2D eigenvalue weighted by atomic mass is 19.2. The molecule has 2 aliphatic heterocycles. The largest absolute Gasteiger partial charge is 0.486 e. The highest BCUT2D eigenvalue weighted by molar-refractivity contribution is 5.86. The minimum atomic E-state index is -1.09. The lowest BCUT2D eigenvalue weighted by molar-refractivity contribution is 0.157. The third-order valence-electron chi connectivity index (χ3n) is 8.42. The van der Waals surface area contributed by atoms with Crippen LogP contribution < -0.4 is 24.7 Å².